The fraction of sp³-hybridized carbons (Fsp3) is 0.600. The monoisotopic (exact) mass is 357 g/mol. The number of furan rings is 1. The summed E-state index contributed by atoms with van der Waals surface area (Å²) in [6.07, 6.45) is 2.92. The van der Waals surface area contributed by atoms with Gasteiger partial charge in [-0.15, -0.1) is 0 Å². The van der Waals surface area contributed by atoms with Gasteiger partial charge >= 0.3 is 5.97 Å². The van der Waals surface area contributed by atoms with E-state index in [4.69, 9.17) is 4.42 Å². The first-order chi connectivity index (χ1) is 9.73. The van der Waals surface area contributed by atoms with E-state index in [2.05, 4.69) is 15.9 Å². The van der Waals surface area contributed by atoms with Gasteiger partial charge in [0.25, 0.3) is 0 Å². The van der Waals surface area contributed by atoms with Crippen LogP contribution in [0.3, 0.4) is 0 Å². The van der Waals surface area contributed by atoms with Crippen LogP contribution in [0.5, 0.6) is 0 Å². The van der Waals surface area contributed by atoms with Crippen molar-refractivity contribution >= 4 is 27.8 Å². The minimum atomic E-state index is -0.896. The first-order valence-corrected chi connectivity index (χ1v) is 7.80. The summed E-state index contributed by atoms with van der Waals surface area (Å²) in [6, 6.07) is 1.13. The maximum atomic E-state index is 12.5. The van der Waals surface area contributed by atoms with Crippen molar-refractivity contribution in [2.45, 2.75) is 51.6 Å². The Bertz CT molecular complexity index is 546. The minimum Gasteiger partial charge on any atom is -0.481 e. The molecule has 2 rings (SSSR count). The Labute approximate surface area is 132 Å². The highest BCUT2D eigenvalue weighted by Crippen LogP contribution is 2.42. The van der Waals surface area contributed by atoms with Crippen molar-refractivity contribution in [2.75, 3.05) is 0 Å². The molecule has 0 radical (unpaired) electrons. The van der Waals surface area contributed by atoms with Crippen LogP contribution < -0.4 is 0 Å². The molecular formula is C15H20BrNO4. The van der Waals surface area contributed by atoms with Gasteiger partial charge in [-0.1, -0.05) is 0 Å². The molecule has 21 heavy (non-hydrogen) atoms. The molecule has 1 saturated heterocycles. The van der Waals surface area contributed by atoms with Gasteiger partial charge in [0.1, 0.15) is 11.8 Å². The number of likely N-dealkylation sites (tertiary alicyclic amines) is 1. The highest BCUT2D eigenvalue weighted by atomic mass is 79.9. The molecule has 0 bridgehead atoms. The topological polar surface area (TPSA) is 70.8 Å². The van der Waals surface area contributed by atoms with E-state index in [1.807, 2.05) is 20.8 Å². The highest BCUT2D eigenvalue weighted by Gasteiger charge is 2.45. The Kier molecular flexibility index (Phi) is 4.46. The molecule has 1 N–H and O–H groups in total. The lowest BCUT2D eigenvalue weighted by atomic mass is 9.90. The fourth-order valence-electron chi connectivity index (χ4n) is 2.95. The smallest absolute Gasteiger partial charge is 0.309 e. The van der Waals surface area contributed by atoms with Crippen LogP contribution in [0.25, 0.3) is 0 Å². The van der Waals surface area contributed by atoms with Gasteiger partial charge in [-0.2, -0.15) is 0 Å². The number of rotatable bonds is 2. The van der Waals surface area contributed by atoms with Gasteiger partial charge in [-0.3, -0.25) is 9.59 Å². The average molecular weight is 358 g/mol. The number of hydrogen-bond acceptors (Lipinski definition) is 3. The summed E-state index contributed by atoms with van der Waals surface area (Å²) in [6.45, 7) is 5.75. The van der Waals surface area contributed by atoms with E-state index in [9.17, 15) is 14.7 Å². The molecule has 0 aromatic carbocycles. The first-order valence-electron chi connectivity index (χ1n) is 7.01. The van der Waals surface area contributed by atoms with Crippen LogP contribution in [-0.2, 0) is 9.59 Å². The van der Waals surface area contributed by atoms with Gasteiger partial charge in [0.05, 0.1) is 16.7 Å². The molecule has 1 amide bonds. The summed E-state index contributed by atoms with van der Waals surface area (Å²) >= 11 is 3.39. The van der Waals surface area contributed by atoms with Gasteiger partial charge in [-0.25, -0.2) is 0 Å². The van der Waals surface area contributed by atoms with Crippen molar-refractivity contribution in [2.24, 2.45) is 5.92 Å². The second-order valence-corrected chi connectivity index (χ2v) is 7.20. The maximum Gasteiger partial charge on any atom is 0.309 e. The molecule has 2 heterocycles. The average Bonchev–Trinajstić information content (AvgIpc) is 2.67. The Morgan fingerprint density at radius 1 is 1.48 bits per heavy atom. The second kappa shape index (κ2) is 5.83. The van der Waals surface area contributed by atoms with E-state index in [-0.39, 0.29) is 5.91 Å². The lowest BCUT2D eigenvalue weighted by molar-refractivity contribution is -0.149. The second-order valence-electron chi connectivity index (χ2n) is 6.35. The molecular weight excluding hydrogens is 338 g/mol. The third kappa shape index (κ3) is 3.15. The number of carboxylic acids is 1. The number of halogens is 1. The molecule has 116 valence electrons. The number of nitrogens with zero attached hydrogens (tertiary/aromatic N) is 1. The molecule has 2 unspecified atom stereocenters. The Morgan fingerprint density at radius 2 is 2.14 bits per heavy atom. The van der Waals surface area contributed by atoms with E-state index in [1.165, 1.54) is 6.26 Å². The third-order valence-corrected chi connectivity index (χ3v) is 4.44. The summed E-state index contributed by atoms with van der Waals surface area (Å²) in [5.41, 5.74) is -0.480. The van der Waals surface area contributed by atoms with E-state index in [0.717, 1.165) is 0 Å². The summed E-state index contributed by atoms with van der Waals surface area (Å²) in [5, 5.41) is 9.60. The number of hydrogen-bond donors (Lipinski definition) is 1. The Hall–Kier alpha value is -1.30. The number of aliphatic carboxylic acids is 1. The summed E-state index contributed by atoms with van der Waals surface area (Å²) in [7, 11) is 0. The quantitative estimate of drug-likeness (QED) is 0.877. The van der Waals surface area contributed by atoms with E-state index >= 15 is 0 Å². The van der Waals surface area contributed by atoms with E-state index in [1.54, 1.807) is 11.0 Å². The van der Waals surface area contributed by atoms with Gasteiger partial charge in [0.2, 0.25) is 5.91 Å². The molecule has 5 nitrogen and oxygen atoms in total. The molecule has 0 spiro atoms. The van der Waals surface area contributed by atoms with Gasteiger partial charge in [0, 0.05) is 12.0 Å². The van der Waals surface area contributed by atoms with Crippen molar-refractivity contribution in [3.05, 3.63) is 22.6 Å². The number of carbonyl (C=O) groups excluding carboxylic acids is 1. The molecule has 0 aliphatic carbocycles. The molecule has 1 aliphatic rings. The predicted molar refractivity (Wildman–Crippen MR) is 80.7 cm³/mol. The minimum absolute atomic E-state index is 0.0282. The number of amides is 1. The van der Waals surface area contributed by atoms with E-state index in [0.29, 0.717) is 29.5 Å². The molecule has 0 saturated carbocycles. The van der Waals surface area contributed by atoms with Crippen molar-refractivity contribution < 1.29 is 19.1 Å². The SMILES string of the molecule is CC(C)(C)N1C(=O)CCCC(C(=O)O)C1c1occc1Br. The van der Waals surface area contributed by atoms with Crippen molar-refractivity contribution in [1.82, 2.24) is 4.90 Å². The fourth-order valence-corrected chi connectivity index (χ4v) is 3.39. The number of carboxylic acid groups (broad SMARTS) is 1. The largest absolute Gasteiger partial charge is 0.481 e. The van der Waals surface area contributed by atoms with Crippen LogP contribution in [-0.4, -0.2) is 27.4 Å². The van der Waals surface area contributed by atoms with Crippen LogP contribution in [0.2, 0.25) is 0 Å². The van der Waals surface area contributed by atoms with E-state index < -0.39 is 23.5 Å². The standard InChI is InChI=1S/C15H20BrNO4/c1-15(2,3)17-11(18)6-4-5-9(14(19)20)12(17)13-10(16)7-8-21-13/h7-9,12H,4-6H2,1-3H3,(H,19,20). The zero-order valence-electron chi connectivity index (χ0n) is 12.4. The zero-order valence-corrected chi connectivity index (χ0v) is 14.0. The van der Waals surface area contributed by atoms with Crippen LogP contribution in [0.15, 0.2) is 21.2 Å². The summed E-state index contributed by atoms with van der Waals surface area (Å²) in [5.74, 6) is -1.09. The van der Waals surface area contributed by atoms with Gasteiger partial charge in [-0.05, 0) is 55.6 Å². The Balaban J connectivity index is 2.58. The number of carbonyl (C=O) groups is 2. The maximum absolute atomic E-state index is 12.5. The summed E-state index contributed by atoms with van der Waals surface area (Å²) < 4.78 is 6.21. The van der Waals surface area contributed by atoms with Crippen molar-refractivity contribution in [1.29, 1.82) is 0 Å². The molecule has 1 fully saturated rings. The zero-order chi connectivity index (χ0) is 15.8. The molecule has 1 aromatic rings. The molecule has 1 aromatic heterocycles. The Morgan fingerprint density at radius 3 is 2.62 bits per heavy atom. The van der Waals surface area contributed by atoms with Crippen LogP contribution in [0, 0.1) is 5.92 Å². The molecule has 2 atom stereocenters. The molecule has 6 heteroatoms. The lowest BCUT2D eigenvalue weighted by Crippen LogP contribution is -2.49. The van der Waals surface area contributed by atoms with Crippen LogP contribution in [0.1, 0.15) is 51.8 Å². The van der Waals surface area contributed by atoms with Gasteiger partial charge < -0.3 is 14.4 Å². The third-order valence-electron chi connectivity index (χ3n) is 3.79. The van der Waals surface area contributed by atoms with Crippen molar-refractivity contribution in [3.8, 4) is 0 Å². The highest BCUT2D eigenvalue weighted by molar-refractivity contribution is 9.10. The normalized spacial score (nSPS) is 24.0. The van der Waals surface area contributed by atoms with Crippen molar-refractivity contribution in [3.63, 3.8) is 0 Å². The molecule has 1 aliphatic heterocycles. The van der Waals surface area contributed by atoms with Gasteiger partial charge in [0.15, 0.2) is 0 Å². The first kappa shape index (κ1) is 16.1. The van der Waals surface area contributed by atoms with Crippen LogP contribution >= 0.6 is 15.9 Å². The summed E-state index contributed by atoms with van der Waals surface area (Å²) in [4.78, 5) is 25.9. The predicted octanol–water partition coefficient (Wildman–Crippen LogP) is 3.60. The lowest BCUT2D eigenvalue weighted by Gasteiger charge is -2.42. The van der Waals surface area contributed by atoms with Crippen LogP contribution in [0.4, 0.5) is 0 Å².